The number of halogens is 1. The van der Waals surface area contributed by atoms with Crippen LogP contribution in [0, 0.1) is 16.0 Å². The van der Waals surface area contributed by atoms with E-state index in [4.69, 9.17) is 10.5 Å². The number of hydrogen-bond donors (Lipinski definition) is 2. The van der Waals surface area contributed by atoms with Gasteiger partial charge in [0.1, 0.15) is 0 Å². The fourth-order valence-electron chi connectivity index (χ4n) is 2.33. The molecular weight excluding hydrogens is 322 g/mol. The molecule has 7 nitrogen and oxygen atoms in total. The molecule has 0 radical (unpaired) electrons. The first-order valence-corrected chi connectivity index (χ1v) is 7.14. The van der Waals surface area contributed by atoms with Crippen LogP contribution in [0.3, 0.4) is 0 Å². The number of ether oxygens (including phenoxy) is 1. The Morgan fingerprint density at radius 2 is 2.04 bits per heavy atom. The largest absolute Gasteiger partial charge is 0.477 e. The molecule has 0 heterocycles. The lowest BCUT2D eigenvalue weighted by atomic mass is 9.91. The molecule has 0 aromatic heterocycles. The highest BCUT2D eigenvalue weighted by Crippen LogP contribution is 2.25. The number of carbonyl (C=O) groups is 1. The fourth-order valence-corrected chi connectivity index (χ4v) is 2.33. The summed E-state index contributed by atoms with van der Waals surface area (Å²) in [5.74, 6) is 0.0951. The number of amides is 1. The smallest absolute Gasteiger partial charge is 0.310 e. The molecular formula is C15H24ClN3O4. The van der Waals surface area contributed by atoms with Crippen molar-refractivity contribution in [3.05, 3.63) is 34.4 Å². The average molecular weight is 346 g/mol. The van der Waals surface area contributed by atoms with Crippen molar-refractivity contribution in [1.29, 1.82) is 0 Å². The third-order valence-corrected chi connectivity index (χ3v) is 3.17. The van der Waals surface area contributed by atoms with E-state index < -0.39 is 10.5 Å². The Kier molecular flexibility index (Phi) is 8.56. The molecule has 1 aromatic carbocycles. The maximum Gasteiger partial charge on any atom is 0.310 e. The number of rotatable bonds is 8. The molecule has 8 heteroatoms. The monoisotopic (exact) mass is 345 g/mol. The Morgan fingerprint density at radius 3 is 2.57 bits per heavy atom. The zero-order chi connectivity index (χ0) is 16.8. The molecule has 1 rings (SSSR count). The summed E-state index contributed by atoms with van der Waals surface area (Å²) in [6.07, 6.45) is 0.737. The van der Waals surface area contributed by atoms with Crippen LogP contribution in [-0.4, -0.2) is 29.5 Å². The molecule has 0 aliphatic heterocycles. The number of benzene rings is 1. The maximum absolute atomic E-state index is 12.0. The minimum atomic E-state index is -0.546. The van der Waals surface area contributed by atoms with Gasteiger partial charge in [-0.2, -0.15) is 0 Å². The molecule has 1 atom stereocenters. The topological polar surface area (TPSA) is 107 Å². The molecule has 0 fully saturated rings. The number of nitro benzene ring substituents is 1. The second-order valence-electron chi connectivity index (χ2n) is 5.92. The van der Waals surface area contributed by atoms with Crippen LogP contribution in [0.15, 0.2) is 24.3 Å². The Balaban J connectivity index is 0.00000484. The molecule has 0 aliphatic carbocycles. The molecule has 3 N–H and O–H groups in total. The van der Waals surface area contributed by atoms with Gasteiger partial charge in [0.05, 0.1) is 4.92 Å². The molecule has 1 aromatic rings. The number of para-hydroxylation sites is 2. The number of nitrogens with two attached hydrogens (primary N) is 1. The summed E-state index contributed by atoms with van der Waals surface area (Å²) in [7, 11) is 0. The second kappa shape index (κ2) is 9.32. The van der Waals surface area contributed by atoms with Crippen molar-refractivity contribution in [3.8, 4) is 5.75 Å². The van der Waals surface area contributed by atoms with Crippen molar-refractivity contribution >= 4 is 24.0 Å². The number of nitro groups is 1. The Morgan fingerprint density at radius 1 is 1.43 bits per heavy atom. The number of nitrogens with zero attached hydrogens (tertiary/aromatic N) is 1. The first-order chi connectivity index (χ1) is 10.3. The van der Waals surface area contributed by atoms with Crippen molar-refractivity contribution < 1.29 is 14.5 Å². The van der Waals surface area contributed by atoms with Gasteiger partial charge in [0.25, 0.3) is 5.91 Å². The summed E-state index contributed by atoms with van der Waals surface area (Å²) in [5.41, 5.74) is 5.05. The van der Waals surface area contributed by atoms with E-state index in [0.29, 0.717) is 12.5 Å². The number of carbonyl (C=O) groups excluding carboxylic acids is 1. The van der Waals surface area contributed by atoms with E-state index in [1.54, 1.807) is 12.1 Å². The van der Waals surface area contributed by atoms with Crippen LogP contribution < -0.4 is 15.8 Å². The number of nitrogens with one attached hydrogen (secondary N) is 1. The highest BCUT2D eigenvalue weighted by Gasteiger charge is 2.26. The third kappa shape index (κ3) is 6.83. The molecule has 130 valence electrons. The van der Waals surface area contributed by atoms with Crippen molar-refractivity contribution in [2.24, 2.45) is 11.7 Å². The summed E-state index contributed by atoms with van der Waals surface area (Å²) in [6.45, 7) is 5.98. The van der Waals surface area contributed by atoms with Crippen molar-refractivity contribution in [1.82, 2.24) is 5.32 Å². The Labute approximate surface area is 142 Å². The van der Waals surface area contributed by atoms with Gasteiger partial charge in [-0.3, -0.25) is 14.9 Å². The highest BCUT2D eigenvalue weighted by atomic mass is 35.5. The van der Waals surface area contributed by atoms with Gasteiger partial charge in [0.15, 0.2) is 12.4 Å². The average Bonchev–Trinajstić information content (AvgIpc) is 2.44. The molecule has 0 saturated carbocycles. The van der Waals surface area contributed by atoms with Gasteiger partial charge in [0.2, 0.25) is 0 Å². The van der Waals surface area contributed by atoms with Gasteiger partial charge in [-0.25, -0.2) is 0 Å². The Bertz CT molecular complexity index is 539. The molecule has 1 unspecified atom stereocenters. The maximum atomic E-state index is 12.0. The van der Waals surface area contributed by atoms with E-state index in [-0.39, 0.29) is 36.4 Å². The quantitative estimate of drug-likeness (QED) is 0.555. The summed E-state index contributed by atoms with van der Waals surface area (Å²) in [6, 6.07) is 5.94. The molecule has 1 amide bonds. The molecule has 23 heavy (non-hydrogen) atoms. The second-order valence-corrected chi connectivity index (χ2v) is 5.92. The predicted molar refractivity (Wildman–Crippen MR) is 90.9 cm³/mol. The summed E-state index contributed by atoms with van der Waals surface area (Å²) >= 11 is 0. The zero-order valence-corrected chi connectivity index (χ0v) is 14.4. The van der Waals surface area contributed by atoms with Crippen LogP contribution in [-0.2, 0) is 4.79 Å². The van der Waals surface area contributed by atoms with Crippen LogP contribution in [0.2, 0.25) is 0 Å². The van der Waals surface area contributed by atoms with E-state index in [0.717, 1.165) is 6.42 Å². The lowest BCUT2D eigenvalue weighted by Gasteiger charge is -2.31. The van der Waals surface area contributed by atoms with E-state index in [1.165, 1.54) is 12.1 Å². The number of hydrogen-bond acceptors (Lipinski definition) is 5. The predicted octanol–water partition coefficient (Wildman–Crippen LogP) is 2.28. The van der Waals surface area contributed by atoms with Crippen LogP contribution in [0.25, 0.3) is 0 Å². The van der Waals surface area contributed by atoms with Crippen molar-refractivity contribution in [2.75, 3.05) is 13.2 Å². The first-order valence-electron chi connectivity index (χ1n) is 7.14. The van der Waals surface area contributed by atoms with Crippen LogP contribution in [0.4, 0.5) is 5.69 Å². The highest BCUT2D eigenvalue weighted by molar-refractivity contribution is 5.85. The summed E-state index contributed by atoms with van der Waals surface area (Å²) in [4.78, 5) is 22.3. The van der Waals surface area contributed by atoms with Gasteiger partial charge < -0.3 is 15.8 Å². The fraction of sp³-hybridized carbons (Fsp3) is 0.533. The van der Waals surface area contributed by atoms with Crippen LogP contribution in [0.1, 0.15) is 27.2 Å². The van der Waals surface area contributed by atoms with Gasteiger partial charge >= 0.3 is 5.69 Å². The van der Waals surface area contributed by atoms with E-state index in [2.05, 4.69) is 5.32 Å². The van der Waals surface area contributed by atoms with Crippen molar-refractivity contribution in [3.63, 3.8) is 0 Å². The normalized spacial score (nSPS) is 12.9. The minimum Gasteiger partial charge on any atom is -0.477 e. The molecule has 0 spiro atoms. The van der Waals surface area contributed by atoms with Gasteiger partial charge in [-0.05, 0) is 25.3 Å². The molecule has 0 saturated heterocycles. The zero-order valence-electron chi connectivity index (χ0n) is 13.6. The first kappa shape index (κ1) is 21.1. The Hall–Kier alpha value is -1.86. The van der Waals surface area contributed by atoms with Gasteiger partial charge in [-0.15, -0.1) is 12.4 Å². The standard InChI is InChI=1S/C15H23N3O4.ClH/c1-11(2)8-15(3,10-16)17-14(19)9-22-13-7-5-4-6-12(13)18(20)21;/h4-7,11H,8-10,16H2,1-3H3,(H,17,19);1H. The molecule has 0 aliphatic rings. The molecule has 0 bridgehead atoms. The van der Waals surface area contributed by atoms with Gasteiger partial charge in [0, 0.05) is 18.2 Å². The van der Waals surface area contributed by atoms with Gasteiger partial charge in [-0.1, -0.05) is 26.0 Å². The van der Waals surface area contributed by atoms with Crippen molar-refractivity contribution in [2.45, 2.75) is 32.7 Å². The third-order valence-electron chi connectivity index (χ3n) is 3.17. The summed E-state index contributed by atoms with van der Waals surface area (Å²) < 4.78 is 5.26. The summed E-state index contributed by atoms with van der Waals surface area (Å²) in [5, 5.41) is 13.7. The lowest BCUT2D eigenvalue weighted by molar-refractivity contribution is -0.385. The van der Waals surface area contributed by atoms with E-state index in [1.807, 2.05) is 20.8 Å². The SMILES string of the molecule is CC(C)CC(C)(CN)NC(=O)COc1ccccc1[N+](=O)[O-].Cl. The van der Waals surface area contributed by atoms with E-state index in [9.17, 15) is 14.9 Å². The minimum absolute atomic E-state index is 0. The van der Waals surface area contributed by atoms with E-state index >= 15 is 0 Å². The van der Waals surface area contributed by atoms with Crippen LogP contribution in [0.5, 0.6) is 5.75 Å². The van der Waals surface area contributed by atoms with Crippen LogP contribution >= 0.6 is 12.4 Å². The lowest BCUT2D eigenvalue weighted by Crippen LogP contribution is -2.53.